The molecule has 0 aromatic heterocycles. The van der Waals surface area contributed by atoms with Crippen LogP contribution in [0.15, 0.2) is 0 Å². The van der Waals surface area contributed by atoms with Gasteiger partial charge in [0, 0.05) is 0 Å². The summed E-state index contributed by atoms with van der Waals surface area (Å²) >= 11 is -3.99. The van der Waals surface area contributed by atoms with Crippen molar-refractivity contribution in [3.63, 3.8) is 0 Å². The number of hydrogen-bond acceptors (Lipinski definition) is 4. The Morgan fingerprint density at radius 1 is 0.800 bits per heavy atom. The molecule has 0 aromatic carbocycles. The van der Waals surface area contributed by atoms with Gasteiger partial charge in [0.2, 0.25) is 0 Å². The van der Waals surface area contributed by atoms with Crippen LogP contribution in [0.2, 0.25) is 5.82 Å². The molecular formula is C5H7FeO4. The molecule has 0 saturated heterocycles. The Bertz CT molecular complexity index is 154. The fourth-order valence-electron chi connectivity index (χ4n) is 0.118. The second kappa shape index (κ2) is 2.44. The molecule has 0 aliphatic carbocycles. The molecule has 0 heterocycles. The van der Waals surface area contributed by atoms with E-state index in [0.717, 1.165) is 5.82 Å². The zero-order valence-electron chi connectivity index (χ0n) is 5.30. The monoisotopic (exact) mass is 187 g/mol. The van der Waals surface area contributed by atoms with Gasteiger partial charge < -0.3 is 0 Å². The van der Waals surface area contributed by atoms with E-state index in [1.165, 1.54) is 0 Å². The van der Waals surface area contributed by atoms with Crippen molar-refractivity contribution in [3.05, 3.63) is 0 Å². The third-order valence-electron chi connectivity index (χ3n) is 0.911. The Kier molecular flexibility index (Phi) is 2.24. The molecule has 0 atom stereocenters. The van der Waals surface area contributed by atoms with Crippen molar-refractivity contribution in [1.82, 2.24) is 0 Å². The van der Waals surface area contributed by atoms with Gasteiger partial charge >= 0.3 is 57.5 Å². The molecule has 0 saturated carbocycles. The Hall–Kier alpha value is -0.801. The van der Waals surface area contributed by atoms with Gasteiger partial charge in [-0.15, -0.1) is 0 Å². The van der Waals surface area contributed by atoms with Gasteiger partial charge in [-0.25, -0.2) is 0 Å². The summed E-state index contributed by atoms with van der Waals surface area (Å²) in [7, 11) is 0. The summed E-state index contributed by atoms with van der Waals surface area (Å²) in [5.41, 5.74) is 0. The van der Waals surface area contributed by atoms with Crippen LogP contribution in [-0.2, 0) is 31.0 Å². The van der Waals surface area contributed by atoms with Crippen LogP contribution in [0.3, 0.4) is 0 Å². The van der Waals surface area contributed by atoms with E-state index < -0.39 is 11.8 Å². The molecule has 0 aliphatic rings. The van der Waals surface area contributed by atoms with E-state index in [-0.39, 0.29) is 20.7 Å². The molecule has 0 unspecified atom stereocenters. The van der Waals surface area contributed by atoms with Crippen LogP contribution in [0, 0.1) is 0 Å². The van der Waals surface area contributed by atoms with E-state index >= 15 is 0 Å². The van der Waals surface area contributed by atoms with Gasteiger partial charge in [0.05, 0.1) is 0 Å². The molecule has 0 spiro atoms. The number of carbonyl (C=O) groups excluding carboxylic acids is 4. The summed E-state index contributed by atoms with van der Waals surface area (Å²) < 4.78 is 0. The zero-order chi connectivity index (χ0) is 8.28. The van der Waals surface area contributed by atoms with Crippen LogP contribution in [-0.4, -0.2) is 20.7 Å². The van der Waals surface area contributed by atoms with Crippen molar-refractivity contribution < 1.29 is 31.0 Å². The predicted octanol–water partition coefficient (Wildman–Crippen LogP) is -0.515. The van der Waals surface area contributed by atoms with Gasteiger partial charge in [0.1, 0.15) is 0 Å². The standard InChI is InChI=1S/4CHO.CH3.Fe/c4*1-2;;/h4*1H;1H3;. The zero-order valence-corrected chi connectivity index (χ0v) is 6.40. The topological polar surface area (TPSA) is 68.3 Å². The van der Waals surface area contributed by atoms with Gasteiger partial charge in [0.15, 0.2) is 0 Å². The van der Waals surface area contributed by atoms with Crippen molar-refractivity contribution in [1.29, 1.82) is 0 Å². The summed E-state index contributed by atoms with van der Waals surface area (Å²) in [6, 6.07) is 0. The van der Waals surface area contributed by atoms with E-state index in [1.54, 1.807) is 0 Å². The van der Waals surface area contributed by atoms with E-state index in [4.69, 9.17) is 0 Å². The third kappa shape index (κ3) is 1.20. The van der Waals surface area contributed by atoms with Crippen molar-refractivity contribution in [3.8, 4) is 0 Å². The summed E-state index contributed by atoms with van der Waals surface area (Å²) in [5, 5.41) is 0.650. The van der Waals surface area contributed by atoms with Gasteiger partial charge in [-0.2, -0.15) is 0 Å². The fraction of sp³-hybridized carbons (Fsp3) is 0.200. The number of carbonyl (C=O) groups is 4. The molecule has 0 N–H and O–H groups in total. The van der Waals surface area contributed by atoms with Crippen LogP contribution in [0.1, 0.15) is 0 Å². The SMILES string of the molecule is [CH3][Fe]([CH]=O)([CH]=O)([CH]=O)[CH]=O. The molecule has 0 radical (unpaired) electrons. The molecule has 5 heteroatoms. The maximum absolute atomic E-state index is 10.2. The van der Waals surface area contributed by atoms with Crippen molar-refractivity contribution in [2.24, 2.45) is 0 Å². The first kappa shape index (κ1) is 9.20. The second-order valence-electron chi connectivity index (χ2n) is 1.86. The fourth-order valence-corrected chi connectivity index (χ4v) is 0.486. The Morgan fingerprint density at radius 3 is 1.00 bits per heavy atom. The molecule has 0 aromatic rings. The minimum absolute atomic E-state index is 0.163. The van der Waals surface area contributed by atoms with Crippen LogP contribution in [0.4, 0.5) is 0 Å². The minimum atomic E-state index is -3.99. The predicted molar refractivity (Wildman–Crippen MR) is 32.9 cm³/mol. The average molecular weight is 187 g/mol. The first-order chi connectivity index (χ1) is 4.54. The molecule has 0 amide bonds. The first-order valence-corrected chi connectivity index (χ1v) is 5.77. The van der Waals surface area contributed by atoms with Crippen LogP contribution >= 0.6 is 0 Å². The quantitative estimate of drug-likeness (QED) is 0.438. The average Bonchev–Trinajstić information content (AvgIpc) is 2.04. The summed E-state index contributed by atoms with van der Waals surface area (Å²) in [4.78, 5) is 40.8. The van der Waals surface area contributed by atoms with Crippen molar-refractivity contribution >= 4 is 20.7 Å². The van der Waals surface area contributed by atoms with Gasteiger partial charge in [-0.3, -0.25) is 0 Å². The molecule has 4 nitrogen and oxygen atoms in total. The molecule has 0 rings (SSSR count). The van der Waals surface area contributed by atoms with Crippen LogP contribution in [0.25, 0.3) is 0 Å². The summed E-state index contributed by atoms with van der Waals surface area (Å²) in [5.74, 6) is 1.10. The molecule has 59 valence electrons. The summed E-state index contributed by atoms with van der Waals surface area (Å²) in [6.45, 7) is 0. The number of hydrogen-bond donors (Lipinski definition) is 0. The molecule has 0 aliphatic heterocycles. The van der Waals surface area contributed by atoms with E-state index in [1.807, 2.05) is 0 Å². The molecule has 0 fully saturated rings. The Morgan fingerprint density at radius 2 is 1.00 bits per heavy atom. The van der Waals surface area contributed by atoms with Crippen molar-refractivity contribution in [2.45, 2.75) is 5.82 Å². The van der Waals surface area contributed by atoms with E-state index in [9.17, 15) is 19.2 Å². The Balaban J connectivity index is 5.16. The van der Waals surface area contributed by atoms with Gasteiger partial charge in [-0.1, -0.05) is 0 Å². The summed E-state index contributed by atoms with van der Waals surface area (Å²) in [6.07, 6.45) is 0. The second-order valence-corrected chi connectivity index (χ2v) is 7.66. The molecule has 0 bridgehead atoms. The Labute approximate surface area is 58.2 Å². The van der Waals surface area contributed by atoms with Crippen LogP contribution < -0.4 is 0 Å². The molecular weight excluding hydrogens is 180 g/mol. The first-order valence-electron chi connectivity index (χ1n) is 2.11. The maximum atomic E-state index is 10.2. The number of rotatable bonds is 4. The van der Waals surface area contributed by atoms with Crippen molar-refractivity contribution in [2.75, 3.05) is 0 Å². The van der Waals surface area contributed by atoms with Crippen LogP contribution in [0.5, 0.6) is 0 Å². The van der Waals surface area contributed by atoms with Gasteiger partial charge in [-0.05, 0) is 0 Å². The van der Waals surface area contributed by atoms with E-state index in [0.29, 0.717) is 0 Å². The third-order valence-corrected chi connectivity index (χ3v) is 3.75. The van der Waals surface area contributed by atoms with E-state index in [2.05, 4.69) is 0 Å². The molecule has 10 heavy (non-hydrogen) atoms. The normalized spacial score (nSPS) is 14.3. The van der Waals surface area contributed by atoms with Gasteiger partial charge in [0.25, 0.3) is 0 Å².